The van der Waals surface area contributed by atoms with Crippen LogP contribution < -0.4 is 10.6 Å². The van der Waals surface area contributed by atoms with Crippen LogP contribution in [-0.4, -0.2) is 62.4 Å². The van der Waals surface area contributed by atoms with Gasteiger partial charge in [0.1, 0.15) is 0 Å². The molecule has 142 valence electrons. The van der Waals surface area contributed by atoms with Gasteiger partial charge >= 0.3 is 0 Å². The molecule has 2 heterocycles. The number of ether oxygens (including phenoxy) is 1. The van der Waals surface area contributed by atoms with E-state index in [-0.39, 0.29) is 23.7 Å². The Kier molecular flexibility index (Phi) is 6.93. The number of piperidine rings is 1. The van der Waals surface area contributed by atoms with E-state index in [1.807, 2.05) is 23.3 Å². The molecular formula is C19H27N3O3S. The van der Waals surface area contributed by atoms with Crippen molar-refractivity contribution in [2.24, 2.45) is 11.8 Å². The zero-order chi connectivity index (χ0) is 18.4. The maximum Gasteiger partial charge on any atom is 0.227 e. The van der Waals surface area contributed by atoms with Gasteiger partial charge in [0.25, 0.3) is 0 Å². The fourth-order valence-corrected chi connectivity index (χ4v) is 3.97. The molecule has 2 aliphatic rings. The van der Waals surface area contributed by atoms with E-state index in [1.165, 1.54) is 4.90 Å². The third-order valence-corrected chi connectivity index (χ3v) is 5.72. The fraction of sp³-hybridized carbons (Fsp3) is 0.579. The summed E-state index contributed by atoms with van der Waals surface area (Å²) in [6.07, 6.45) is 2.65. The molecule has 2 atom stereocenters. The van der Waals surface area contributed by atoms with Crippen LogP contribution in [0.3, 0.4) is 0 Å². The maximum absolute atomic E-state index is 12.7. The van der Waals surface area contributed by atoms with Crippen molar-refractivity contribution in [1.82, 2.24) is 15.5 Å². The molecule has 0 aromatic heterocycles. The lowest BCUT2D eigenvalue weighted by Crippen LogP contribution is -2.51. The lowest BCUT2D eigenvalue weighted by atomic mass is 9.88. The SMILES string of the molecule is CSc1cccc(CNC(=O)[C@H]2CNC[C@H](C(=O)N3CCOCC3)C2)c1. The number of carbonyl (C=O) groups excluding carboxylic acids is 2. The molecule has 1 aromatic carbocycles. The highest BCUT2D eigenvalue weighted by Crippen LogP contribution is 2.20. The molecule has 2 saturated heterocycles. The van der Waals surface area contributed by atoms with E-state index in [9.17, 15) is 9.59 Å². The molecule has 26 heavy (non-hydrogen) atoms. The van der Waals surface area contributed by atoms with Gasteiger partial charge in [0.05, 0.1) is 25.0 Å². The summed E-state index contributed by atoms with van der Waals surface area (Å²) in [5.41, 5.74) is 1.09. The first-order valence-electron chi connectivity index (χ1n) is 9.15. The number of nitrogens with zero attached hydrogens (tertiary/aromatic N) is 1. The summed E-state index contributed by atoms with van der Waals surface area (Å²) in [4.78, 5) is 28.3. The van der Waals surface area contributed by atoms with Gasteiger partial charge in [-0.3, -0.25) is 9.59 Å². The first kappa shape index (κ1) is 19.2. The fourth-order valence-electron chi connectivity index (χ4n) is 3.49. The average Bonchev–Trinajstić information content (AvgIpc) is 2.72. The zero-order valence-electron chi connectivity index (χ0n) is 15.2. The number of nitrogens with one attached hydrogen (secondary N) is 2. The summed E-state index contributed by atoms with van der Waals surface area (Å²) in [7, 11) is 0. The van der Waals surface area contributed by atoms with Crippen molar-refractivity contribution in [1.29, 1.82) is 0 Å². The number of benzene rings is 1. The molecule has 7 heteroatoms. The van der Waals surface area contributed by atoms with E-state index < -0.39 is 0 Å². The molecule has 2 fully saturated rings. The van der Waals surface area contributed by atoms with Crippen LogP contribution in [0.2, 0.25) is 0 Å². The Balaban J connectivity index is 1.51. The summed E-state index contributed by atoms with van der Waals surface area (Å²) in [5, 5.41) is 6.29. The van der Waals surface area contributed by atoms with Gasteiger partial charge in [0, 0.05) is 37.6 Å². The van der Waals surface area contributed by atoms with Gasteiger partial charge in [-0.15, -0.1) is 11.8 Å². The number of hydrogen-bond acceptors (Lipinski definition) is 5. The van der Waals surface area contributed by atoms with E-state index in [2.05, 4.69) is 22.8 Å². The van der Waals surface area contributed by atoms with E-state index in [1.54, 1.807) is 11.8 Å². The second kappa shape index (κ2) is 9.39. The van der Waals surface area contributed by atoms with Gasteiger partial charge in [-0.2, -0.15) is 0 Å². The molecular weight excluding hydrogens is 350 g/mol. The van der Waals surface area contributed by atoms with Crippen molar-refractivity contribution in [3.8, 4) is 0 Å². The molecule has 2 N–H and O–H groups in total. The molecule has 0 aliphatic carbocycles. The zero-order valence-corrected chi connectivity index (χ0v) is 16.0. The van der Waals surface area contributed by atoms with Crippen molar-refractivity contribution in [2.45, 2.75) is 17.9 Å². The maximum atomic E-state index is 12.7. The minimum atomic E-state index is -0.164. The van der Waals surface area contributed by atoms with Gasteiger partial charge < -0.3 is 20.3 Å². The lowest BCUT2D eigenvalue weighted by molar-refractivity contribution is -0.141. The molecule has 0 bridgehead atoms. The Morgan fingerprint density at radius 2 is 2.04 bits per heavy atom. The smallest absolute Gasteiger partial charge is 0.227 e. The summed E-state index contributed by atoms with van der Waals surface area (Å²) in [6, 6.07) is 8.17. The Morgan fingerprint density at radius 3 is 2.81 bits per heavy atom. The Hall–Kier alpha value is -1.57. The van der Waals surface area contributed by atoms with Crippen molar-refractivity contribution < 1.29 is 14.3 Å². The summed E-state index contributed by atoms with van der Waals surface area (Å²) in [5.74, 6) is -0.127. The molecule has 0 unspecified atom stereocenters. The van der Waals surface area contributed by atoms with Crippen LogP contribution in [-0.2, 0) is 20.9 Å². The lowest BCUT2D eigenvalue weighted by Gasteiger charge is -2.34. The van der Waals surface area contributed by atoms with Gasteiger partial charge in [-0.1, -0.05) is 12.1 Å². The van der Waals surface area contributed by atoms with Crippen LogP contribution >= 0.6 is 11.8 Å². The van der Waals surface area contributed by atoms with Crippen molar-refractivity contribution in [2.75, 3.05) is 45.6 Å². The van der Waals surface area contributed by atoms with Crippen LogP contribution in [0.1, 0.15) is 12.0 Å². The monoisotopic (exact) mass is 377 g/mol. The van der Waals surface area contributed by atoms with Crippen LogP contribution in [0.15, 0.2) is 29.2 Å². The number of amides is 2. The van der Waals surface area contributed by atoms with Crippen LogP contribution in [0.5, 0.6) is 0 Å². The van der Waals surface area contributed by atoms with Crippen LogP contribution in [0.4, 0.5) is 0 Å². The third-order valence-electron chi connectivity index (χ3n) is 4.99. The second-order valence-electron chi connectivity index (χ2n) is 6.79. The van der Waals surface area contributed by atoms with Gasteiger partial charge in [0.2, 0.25) is 11.8 Å². The Labute approximate surface area is 159 Å². The predicted molar refractivity (Wildman–Crippen MR) is 102 cm³/mol. The molecule has 1 aromatic rings. The third kappa shape index (κ3) is 4.99. The normalized spacial score (nSPS) is 23.5. The number of rotatable bonds is 5. The van der Waals surface area contributed by atoms with Crippen molar-refractivity contribution in [3.63, 3.8) is 0 Å². The average molecular weight is 378 g/mol. The number of thioether (sulfide) groups is 1. The topological polar surface area (TPSA) is 70.7 Å². The standard InChI is InChI=1S/C19H27N3O3S/c1-26-17-4-2-3-14(9-17)11-21-18(23)15-10-16(13-20-12-15)19(24)22-5-7-25-8-6-22/h2-4,9,15-16,20H,5-8,10-13H2,1H3,(H,21,23)/t15-,16-/m1/s1. The van der Waals surface area contributed by atoms with Crippen molar-refractivity contribution in [3.05, 3.63) is 29.8 Å². The number of hydrogen-bond donors (Lipinski definition) is 2. The summed E-state index contributed by atoms with van der Waals surface area (Å²) >= 11 is 1.69. The van der Waals surface area contributed by atoms with Crippen molar-refractivity contribution >= 4 is 23.6 Å². The Bertz CT molecular complexity index is 634. The van der Waals surface area contributed by atoms with E-state index in [0.29, 0.717) is 52.4 Å². The largest absolute Gasteiger partial charge is 0.378 e. The van der Waals surface area contributed by atoms with E-state index >= 15 is 0 Å². The minimum absolute atomic E-state index is 0.0199. The van der Waals surface area contributed by atoms with Gasteiger partial charge in [-0.05, 0) is 30.4 Å². The highest BCUT2D eigenvalue weighted by Gasteiger charge is 2.33. The molecule has 6 nitrogen and oxygen atoms in total. The number of morpholine rings is 1. The van der Waals surface area contributed by atoms with Gasteiger partial charge in [-0.25, -0.2) is 0 Å². The molecule has 0 radical (unpaired) electrons. The van der Waals surface area contributed by atoms with Crippen LogP contribution in [0, 0.1) is 11.8 Å². The van der Waals surface area contributed by atoms with Gasteiger partial charge in [0.15, 0.2) is 0 Å². The molecule has 3 rings (SSSR count). The second-order valence-corrected chi connectivity index (χ2v) is 7.67. The molecule has 0 spiro atoms. The summed E-state index contributed by atoms with van der Waals surface area (Å²) < 4.78 is 5.31. The molecule has 2 aliphatic heterocycles. The first-order chi connectivity index (χ1) is 12.7. The quantitative estimate of drug-likeness (QED) is 0.753. The Morgan fingerprint density at radius 1 is 1.27 bits per heavy atom. The van der Waals surface area contributed by atoms with E-state index in [0.717, 1.165) is 5.56 Å². The highest BCUT2D eigenvalue weighted by molar-refractivity contribution is 7.98. The minimum Gasteiger partial charge on any atom is -0.378 e. The first-order valence-corrected chi connectivity index (χ1v) is 10.4. The molecule has 0 saturated carbocycles. The number of carbonyl (C=O) groups is 2. The van der Waals surface area contributed by atoms with Crippen LogP contribution in [0.25, 0.3) is 0 Å². The highest BCUT2D eigenvalue weighted by atomic mass is 32.2. The molecule has 2 amide bonds. The predicted octanol–water partition coefficient (Wildman–Crippen LogP) is 1.11. The summed E-state index contributed by atoms with van der Waals surface area (Å²) in [6.45, 7) is 4.30. The van der Waals surface area contributed by atoms with E-state index in [4.69, 9.17) is 4.74 Å².